The van der Waals surface area contributed by atoms with E-state index in [1.54, 1.807) is 0 Å². The Bertz CT molecular complexity index is 621. The fourth-order valence-electron chi connectivity index (χ4n) is 2.35. The van der Waals surface area contributed by atoms with E-state index in [1.807, 2.05) is 43.4 Å². The molecular formula is C17H22ClNOS. The third-order valence-corrected chi connectivity index (χ3v) is 4.50. The molecule has 0 aliphatic heterocycles. The van der Waals surface area contributed by atoms with Crippen molar-refractivity contribution in [1.29, 1.82) is 0 Å². The molecule has 0 saturated heterocycles. The SMILES string of the molecule is Cc1cc(C(C)Nc2ccc(OC(C)C)c(Cl)c2)c(C)s1. The van der Waals surface area contributed by atoms with E-state index in [4.69, 9.17) is 16.3 Å². The van der Waals surface area contributed by atoms with Crippen LogP contribution in [0, 0.1) is 13.8 Å². The summed E-state index contributed by atoms with van der Waals surface area (Å²) in [7, 11) is 0. The summed E-state index contributed by atoms with van der Waals surface area (Å²) in [5, 5.41) is 4.14. The minimum atomic E-state index is 0.122. The van der Waals surface area contributed by atoms with Gasteiger partial charge in [0.05, 0.1) is 11.1 Å². The van der Waals surface area contributed by atoms with E-state index in [0.717, 1.165) is 11.4 Å². The Labute approximate surface area is 136 Å². The van der Waals surface area contributed by atoms with Crippen molar-refractivity contribution >= 4 is 28.6 Å². The van der Waals surface area contributed by atoms with Gasteiger partial charge in [-0.15, -0.1) is 11.3 Å². The van der Waals surface area contributed by atoms with Crippen LogP contribution in [0.25, 0.3) is 0 Å². The van der Waals surface area contributed by atoms with Gasteiger partial charge in [0.25, 0.3) is 0 Å². The van der Waals surface area contributed by atoms with Crippen LogP contribution in [0.15, 0.2) is 24.3 Å². The van der Waals surface area contributed by atoms with Gasteiger partial charge < -0.3 is 10.1 Å². The second-order valence-corrected chi connectivity index (χ2v) is 7.41. The summed E-state index contributed by atoms with van der Waals surface area (Å²) in [4.78, 5) is 2.70. The monoisotopic (exact) mass is 323 g/mol. The lowest BCUT2D eigenvalue weighted by Gasteiger charge is -2.17. The van der Waals surface area contributed by atoms with Gasteiger partial charge in [-0.2, -0.15) is 0 Å². The van der Waals surface area contributed by atoms with Crippen LogP contribution in [0.1, 0.15) is 42.1 Å². The number of thiophene rings is 1. The first-order chi connectivity index (χ1) is 9.86. The number of hydrogen-bond acceptors (Lipinski definition) is 3. The number of nitrogens with one attached hydrogen (secondary N) is 1. The van der Waals surface area contributed by atoms with Gasteiger partial charge in [0.1, 0.15) is 5.75 Å². The van der Waals surface area contributed by atoms with Gasteiger partial charge in [-0.1, -0.05) is 11.6 Å². The van der Waals surface area contributed by atoms with E-state index in [9.17, 15) is 0 Å². The predicted octanol–water partition coefficient (Wildman–Crippen LogP) is 5.98. The van der Waals surface area contributed by atoms with Crippen molar-refractivity contribution in [3.63, 3.8) is 0 Å². The first-order valence-electron chi connectivity index (χ1n) is 7.16. The lowest BCUT2D eigenvalue weighted by molar-refractivity contribution is 0.242. The summed E-state index contributed by atoms with van der Waals surface area (Å²) in [5.41, 5.74) is 2.35. The Morgan fingerprint density at radius 1 is 1.14 bits per heavy atom. The summed E-state index contributed by atoms with van der Waals surface area (Å²) in [6, 6.07) is 8.35. The number of aryl methyl sites for hydroxylation is 2. The van der Waals surface area contributed by atoms with E-state index in [0.29, 0.717) is 5.02 Å². The molecule has 0 aliphatic carbocycles. The molecule has 4 heteroatoms. The normalized spacial score (nSPS) is 12.5. The zero-order valence-corrected chi connectivity index (χ0v) is 14.7. The molecule has 1 atom stereocenters. The summed E-state index contributed by atoms with van der Waals surface area (Å²) in [5.74, 6) is 0.729. The highest BCUT2D eigenvalue weighted by Crippen LogP contribution is 2.32. The van der Waals surface area contributed by atoms with E-state index in [1.165, 1.54) is 15.3 Å². The first-order valence-corrected chi connectivity index (χ1v) is 8.36. The Hall–Kier alpha value is -1.19. The Morgan fingerprint density at radius 2 is 1.86 bits per heavy atom. The van der Waals surface area contributed by atoms with Gasteiger partial charge in [0, 0.05) is 21.5 Å². The molecule has 2 nitrogen and oxygen atoms in total. The lowest BCUT2D eigenvalue weighted by atomic mass is 10.1. The standard InChI is InChI=1S/C17H22ClNOS/c1-10(2)20-17-7-6-14(9-16(17)18)19-12(4)15-8-11(3)21-13(15)5/h6-10,12,19H,1-5H3. The average molecular weight is 324 g/mol. The third kappa shape index (κ3) is 4.14. The van der Waals surface area contributed by atoms with Crippen LogP contribution in [-0.4, -0.2) is 6.10 Å². The number of anilines is 1. The van der Waals surface area contributed by atoms with Crippen LogP contribution >= 0.6 is 22.9 Å². The number of rotatable bonds is 5. The number of hydrogen-bond donors (Lipinski definition) is 1. The van der Waals surface area contributed by atoms with Crippen molar-refractivity contribution in [3.8, 4) is 5.75 Å². The maximum absolute atomic E-state index is 6.28. The second-order valence-electron chi connectivity index (χ2n) is 5.55. The van der Waals surface area contributed by atoms with Crippen molar-refractivity contribution in [2.45, 2.75) is 46.8 Å². The minimum Gasteiger partial charge on any atom is -0.489 e. The molecule has 114 valence electrons. The number of benzene rings is 1. The van der Waals surface area contributed by atoms with Crippen molar-refractivity contribution in [2.75, 3.05) is 5.32 Å². The fourth-order valence-corrected chi connectivity index (χ4v) is 3.60. The molecule has 2 aromatic rings. The highest BCUT2D eigenvalue weighted by atomic mass is 35.5. The van der Waals surface area contributed by atoms with E-state index < -0.39 is 0 Å². The molecule has 1 unspecified atom stereocenters. The molecule has 1 aromatic carbocycles. The first kappa shape index (κ1) is 16.2. The zero-order valence-electron chi connectivity index (χ0n) is 13.2. The Balaban J connectivity index is 2.13. The third-order valence-electron chi connectivity index (χ3n) is 3.22. The molecule has 0 spiro atoms. The molecule has 0 aliphatic rings. The molecule has 0 fully saturated rings. The summed E-state index contributed by atoms with van der Waals surface area (Å²) in [6.07, 6.45) is 0.122. The predicted molar refractivity (Wildman–Crippen MR) is 93.0 cm³/mol. The molecular weight excluding hydrogens is 302 g/mol. The maximum atomic E-state index is 6.28. The van der Waals surface area contributed by atoms with Gasteiger partial charge in [0.2, 0.25) is 0 Å². The van der Waals surface area contributed by atoms with Gasteiger partial charge in [-0.25, -0.2) is 0 Å². The van der Waals surface area contributed by atoms with Crippen LogP contribution in [0.3, 0.4) is 0 Å². The van der Waals surface area contributed by atoms with E-state index in [-0.39, 0.29) is 12.1 Å². The van der Waals surface area contributed by atoms with Gasteiger partial charge in [-0.3, -0.25) is 0 Å². The van der Waals surface area contributed by atoms with Crippen LogP contribution in [0.4, 0.5) is 5.69 Å². The summed E-state index contributed by atoms with van der Waals surface area (Å²) >= 11 is 8.11. The molecule has 0 saturated carbocycles. The number of ether oxygens (including phenoxy) is 1. The van der Waals surface area contributed by atoms with E-state index >= 15 is 0 Å². The zero-order chi connectivity index (χ0) is 15.6. The molecule has 1 N–H and O–H groups in total. The second kappa shape index (κ2) is 6.71. The molecule has 0 amide bonds. The summed E-state index contributed by atoms with van der Waals surface area (Å²) < 4.78 is 5.65. The minimum absolute atomic E-state index is 0.122. The maximum Gasteiger partial charge on any atom is 0.138 e. The topological polar surface area (TPSA) is 21.3 Å². The smallest absolute Gasteiger partial charge is 0.138 e. The van der Waals surface area contributed by atoms with Crippen LogP contribution in [0.5, 0.6) is 5.75 Å². The molecule has 0 radical (unpaired) electrons. The van der Waals surface area contributed by atoms with Crippen molar-refractivity contribution < 1.29 is 4.74 Å². The van der Waals surface area contributed by atoms with Gasteiger partial charge in [0.15, 0.2) is 0 Å². The van der Waals surface area contributed by atoms with Crippen LogP contribution in [-0.2, 0) is 0 Å². The largest absolute Gasteiger partial charge is 0.489 e. The van der Waals surface area contributed by atoms with Gasteiger partial charge in [-0.05, 0) is 64.4 Å². The Kier molecular flexibility index (Phi) is 5.17. The molecule has 0 bridgehead atoms. The lowest BCUT2D eigenvalue weighted by Crippen LogP contribution is -2.08. The average Bonchev–Trinajstić information content (AvgIpc) is 2.71. The van der Waals surface area contributed by atoms with Crippen LogP contribution < -0.4 is 10.1 Å². The van der Waals surface area contributed by atoms with E-state index in [2.05, 4.69) is 32.2 Å². The van der Waals surface area contributed by atoms with Crippen molar-refractivity contribution in [1.82, 2.24) is 0 Å². The van der Waals surface area contributed by atoms with Crippen molar-refractivity contribution in [2.24, 2.45) is 0 Å². The van der Waals surface area contributed by atoms with Crippen LogP contribution in [0.2, 0.25) is 5.02 Å². The summed E-state index contributed by atoms with van der Waals surface area (Å²) in [6.45, 7) is 10.5. The van der Waals surface area contributed by atoms with Crippen molar-refractivity contribution in [3.05, 3.63) is 44.6 Å². The molecule has 2 rings (SSSR count). The highest BCUT2D eigenvalue weighted by Gasteiger charge is 2.12. The highest BCUT2D eigenvalue weighted by molar-refractivity contribution is 7.12. The van der Waals surface area contributed by atoms with Gasteiger partial charge >= 0.3 is 0 Å². The molecule has 1 aromatic heterocycles. The quantitative estimate of drug-likeness (QED) is 0.731. The fraction of sp³-hybridized carbons (Fsp3) is 0.412. The molecule has 21 heavy (non-hydrogen) atoms. The Morgan fingerprint density at radius 3 is 2.38 bits per heavy atom. The molecule has 1 heterocycles. The number of halogens is 1.